The Morgan fingerprint density at radius 2 is 1.58 bits per heavy atom. The molecule has 50 heavy (non-hydrogen) atoms. The normalized spacial score (nSPS) is 16.1. The molecule has 1 aliphatic heterocycles. The van der Waals surface area contributed by atoms with Crippen LogP contribution in [0, 0.1) is 11.3 Å². The number of Topliss-reactive ketones (excluding diaryl/α,β-unsaturated/α-hetero) is 1. The standard InChI is InChI=1S/C33H49F2N5O7.CH3NO/c1-32(2,3)27(38-31(46)47-33(4,5)6)30(45)40-18-12-15-22(40)21(16-17-23(34)35)26(42)28(43)36-19-24(41)37-25(29(44)39(7)8)20-13-10-9-11-14-20;2-1-3/h9-11,13-14,21-23,25,27H,12,15-19H2,1-8H3,(H,36,43)(H,37,41)(H,38,46);1H,(H2,2,3). The highest BCUT2D eigenvalue weighted by molar-refractivity contribution is 6.37. The average Bonchev–Trinajstić information content (AvgIpc) is 3.49. The summed E-state index contributed by atoms with van der Waals surface area (Å²) in [6.07, 6.45) is -3.67. The summed E-state index contributed by atoms with van der Waals surface area (Å²) in [5.41, 5.74) is 3.06. The lowest BCUT2D eigenvalue weighted by Crippen LogP contribution is -2.58. The van der Waals surface area contributed by atoms with Crippen molar-refractivity contribution in [3.8, 4) is 0 Å². The zero-order valence-corrected chi connectivity index (χ0v) is 30.1. The van der Waals surface area contributed by atoms with Gasteiger partial charge in [0, 0.05) is 39.0 Å². The van der Waals surface area contributed by atoms with Gasteiger partial charge in [-0.2, -0.15) is 0 Å². The second-order valence-corrected chi connectivity index (χ2v) is 14.1. The van der Waals surface area contributed by atoms with E-state index in [1.54, 1.807) is 71.9 Å². The Bertz CT molecular complexity index is 1330. The number of ether oxygens (including phenoxy) is 1. The quantitative estimate of drug-likeness (QED) is 0.177. The number of rotatable bonds is 13. The second kappa shape index (κ2) is 19.5. The lowest BCUT2D eigenvalue weighted by molar-refractivity contribution is -0.145. The first-order chi connectivity index (χ1) is 23.1. The van der Waals surface area contributed by atoms with E-state index in [0.717, 1.165) is 0 Å². The second-order valence-electron chi connectivity index (χ2n) is 14.1. The van der Waals surface area contributed by atoms with Crippen LogP contribution in [-0.2, 0) is 33.5 Å². The molecule has 280 valence electrons. The number of likely N-dealkylation sites (tertiary alicyclic amines) is 1. The topological polar surface area (TPSA) is 197 Å². The van der Waals surface area contributed by atoms with Gasteiger partial charge in [0.05, 0.1) is 6.54 Å². The van der Waals surface area contributed by atoms with Crippen molar-refractivity contribution < 1.29 is 47.1 Å². The third-order valence-corrected chi connectivity index (χ3v) is 7.61. The van der Waals surface area contributed by atoms with E-state index in [0.29, 0.717) is 12.0 Å². The maximum Gasteiger partial charge on any atom is 0.408 e. The lowest BCUT2D eigenvalue weighted by atomic mass is 9.84. The van der Waals surface area contributed by atoms with E-state index >= 15 is 0 Å². The molecule has 14 nitrogen and oxygen atoms in total. The minimum Gasteiger partial charge on any atom is -0.444 e. The predicted molar refractivity (Wildman–Crippen MR) is 180 cm³/mol. The van der Waals surface area contributed by atoms with Crippen LogP contribution in [-0.4, -0.2) is 103 Å². The highest BCUT2D eigenvalue weighted by atomic mass is 19.3. The number of carbonyl (C=O) groups excluding carboxylic acids is 7. The molecule has 1 aromatic carbocycles. The number of halogens is 2. The fraction of sp³-hybridized carbons (Fsp3) is 0.618. The molecular formula is C34H52F2N6O8. The van der Waals surface area contributed by atoms with Crippen LogP contribution in [0.5, 0.6) is 0 Å². The van der Waals surface area contributed by atoms with Gasteiger partial charge in [-0.3, -0.25) is 28.8 Å². The fourth-order valence-corrected chi connectivity index (χ4v) is 5.35. The Balaban J connectivity index is 0.00000401. The average molecular weight is 711 g/mol. The van der Waals surface area contributed by atoms with Crippen LogP contribution in [0.15, 0.2) is 30.3 Å². The molecule has 0 bridgehead atoms. The van der Waals surface area contributed by atoms with E-state index in [4.69, 9.17) is 9.53 Å². The van der Waals surface area contributed by atoms with Crippen LogP contribution < -0.4 is 21.7 Å². The van der Waals surface area contributed by atoms with E-state index in [1.165, 1.54) is 23.9 Å². The van der Waals surface area contributed by atoms with Crippen LogP contribution in [0.2, 0.25) is 0 Å². The van der Waals surface area contributed by atoms with E-state index in [9.17, 15) is 37.5 Å². The zero-order valence-electron chi connectivity index (χ0n) is 30.1. The molecule has 0 radical (unpaired) electrons. The summed E-state index contributed by atoms with van der Waals surface area (Å²) in [5.74, 6) is -5.20. The number of carbonyl (C=O) groups is 7. The molecule has 6 amide bonds. The van der Waals surface area contributed by atoms with Crippen LogP contribution in [0.25, 0.3) is 0 Å². The molecule has 1 heterocycles. The number of hydrogen-bond acceptors (Lipinski definition) is 8. The molecule has 5 N–H and O–H groups in total. The summed E-state index contributed by atoms with van der Waals surface area (Å²) in [6, 6.07) is 5.44. The third-order valence-electron chi connectivity index (χ3n) is 7.61. The molecule has 1 saturated heterocycles. The summed E-state index contributed by atoms with van der Waals surface area (Å²) in [7, 11) is 3.05. The molecule has 1 aromatic rings. The largest absolute Gasteiger partial charge is 0.444 e. The number of ketones is 1. The third kappa shape index (κ3) is 14.1. The summed E-state index contributed by atoms with van der Waals surface area (Å²) in [6.45, 7) is 9.78. The minimum absolute atomic E-state index is 0.190. The number of likely N-dealkylation sites (N-methyl/N-ethyl adjacent to an activating group) is 1. The van der Waals surface area contributed by atoms with Gasteiger partial charge in [0.1, 0.15) is 17.7 Å². The van der Waals surface area contributed by atoms with Gasteiger partial charge in [0.2, 0.25) is 36.3 Å². The van der Waals surface area contributed by atoms with Crippen molar-refractivity contribution in [2.24, 2.45) is 17.1 Å². The molecular weight excluding hydrogens is 658 g/mol. The van der Waals surface area contributed by atoms with Gasteiger partial charge < -0.3 is 36.2 Å². The SMILES string of the molecule is CN(C)C(=O)C(NC(=O)CNC(=O)C(=O)C(CCC(F)F)C1CCCN1C(=O)C(NC(=O)OC(C)(C)C)C(C)(C)C)c1ccccc1.NC=O. The smallest absolute Gasteiger partial charge is 0.408 e. The Labute approximate surface area is 292 Å². The minimum atomic E-state index is -2.76. The molecule has 4 unspecified atom stereocenters. The highest BCUT2D eigenvalue weighted by Crippen LogP contribution is 2.32. The van der Waals surface area contributed by atoms with Gasteiger partial charge in [-0.05, 0) is 51.0 Å². The van der Waals surface area contributed by atoms with Crippen molar-refractivity contribution in [2.45, 2.75) is 97.4 Å². The molecule has 0 aromatic heterocycles. The van der Waals surface area contributed by atoms with Gasteiger partial charge in [-0.15, -0.1) is 0 Å². The zero-order chi connectivity index (χ0) is 38.4. The van der Waals surface area contributed by atoms with Crippen molar-refractivity contribution in [1.82, 2.24) is 25.8 Å². The molecule has 0 saturated carbocycles. The number of benzene rings is 1. The molecule has 2 rings (SSSR count). The number of nitrogens with zero attached hydrogens (tertiary/aromatic N) is 2. The molecule has 1 fully saturated rings. The number of alkyl carbamates (subject to hydrolysis) is 1. The molecule has 16 heteroatoms. The molecule has 0 spiro atoms. The van der Waals surface area contributed by atoms with Crippen molar-refractivity contribution in [2.75, 3.05) is 27.2 Å². The summed E-state index contributed by atoms with van der Waals surface area (Å²) < 4.78 is 32.1. The first-order valence-electron chi connectivity index (χ1n) is 16.3. The number of amides is 6. The van der Waals surface area contributed by atoms with Crippen molar-refractivity contribution >= 4 is 41.9 Å². The maximum atomic E-state index is 13.9. The lowest BCUT2D eigenvalue weighted by Gasteiger charge is -2.38. The molecule has 1 aliphatic rings. The number of hydrogen-bond donors (Lipinski definition) is 4. The monoisotopic (exact) mass is 710 g/mol. The Morgan fingerprint density at radius 3 is 2.08 bits per heavy atom. The Morgan fingerprint density at radius 1 is 1.00 bits per heavy atom. The summed E-state index contributed by atoms with van der Waals surface area (Å²) in [5, 5.41) is 7.42. The first-order valence-corrected chi connectivity index (χ1v) is 16.3. The van der Waals surface area contributed by atoms with Crippen molar-refractivity contribution in [3.63, 3.8) is 0 Å². The van der Waals surface area contributed by atoms with Crippen LogP contribution in [0.3, 0.4) is 0 Å². The number of nitrogens with two attached hydrogens (primary N) is 1. The van der Waals surface area contributed by atoms with E-state index in [2.05, 4.69) is 21.7 Å². The van der Waals surface area contributed by atoms with Gasteiger partial charge in [-0.1, -0.05) is 51.1 Å². The van der Waals surface area contributed by atoms with Gasteiger partial charge in [-0.25, -0.2) is 13.6 Å². The van der Waals surface area contributed by atoms with Crippen molar-refractivity contribution in [1.29, 1.82) is 0 Å². The van der Waals surface area contributed by atoms with Gasteiger partial charge >= 0.3 is 6.09 Å². The molecule has 4 atom stereocenters. The Kier molecular flexibility index (Phi) is 16.9. The van der Waals surface area contributed by atoms with Crippen molar-refractivity contribution in [3.05, 3.63) is 35.9 Å². The summed E-state index contributed by atoms with van der Waals surface area (Å²) in [4.78, 5) is 89.9. The number of nitrogens with one attached hydrogen (secondary N) is 3. The maximum absolute atomic E-state index is 13.9. The van der Waals surface area contributed by atoms with Crippen LogP contribution >= 0.6 is 0 Å². The van der Waals surface area contributed by atoms with E-state index < -0.39 is 90.0 Å². The Hall–Kier alpha value is -4.63. The van der Waals surface area contributed by atoms with Gasteiger partial charge in [0.15, 0.2) is 0 Å². The number of primary amides is 1. The number of alkyl halides is 2. The van der Waals surface area contributed by atoms with Crippen LogP contribution in [0.4, 0.5) is 13.6 Å². The van der Waals surface area contributed by atoms with E-state index in [-0.39, 0.29) is 25.8 Å². The fourth-order valence-electron chi connectivity index (χ4n) is 5.35. The molecule has 0 aliphatic carbocycles. The van der Waals surface area contributed by atoms with E-state index in [1.807, 2.05) is 0 Å². The van der Waals surface area contributed by atoms with Crippen LogP contribution in [0.1, 0.15) is 78.8 Å². The highest BCUT2D eigenvalue weighted by Gasteiger charge is 2.45. The first kappa shape index (κ1) is 43.4. The van der Waals surface area contributed by atoms with Gasteiger partial charge in [0.25, 0.3) is 5.91 Å². The summed E-state index contributed by atoms with van der Waals surface area (Å²) >= 11 is 0. The predicted octanol–water partition coefficient (Wildman–Crippen LogP) is 2.31.